The Morgan fingerprint density at radius 1 is 1.04 bits per heavy atom. The van der Waals surface area contributed by atoms with E-state index in [-0.39, 0.29) is 6.04 Å². The summed E-state index contributed by atoms with van der Waals surface area (Å²) in [6.45, 7) is 0.662. The number of likely N-dealkylation sites (tertiary alicyclic amines) is 1. The Hall–Kier alpha value is -1.26. The lowest BCUT2D eigenvalue weighted by Crippen LogP contribution is -2.39. The fourth-order valence-electron chi connectivity index (χ4n) is 3.32. The zero-order chi connectivity index (χ0) is 17.3. The summed E-state index contributed by atoms with van der Waals surface area (Å²) in [5, 5.41) is 11.0. The van der Waals surface area contributed by atoms with Crippen molar-refractivity contribution in [3.63, 3.8) is 0 Å². The van der Waals surface area contributed by atoms with Crippen LogP contribution in [0.15, 0.2) is 42.5 Å². The van der Waals surface area contributed by atoms with E-state index in [4.69, 9.17) is 34.8 Å². The number of halogens is 3. The van der Waals surface area contributed by atoms with Crippen molar-refractivity contribution in [2.45, 2.75) is 24.9 Å². The molecule has 0 saturated carbocycles. The Balaban J connectivity index is 2.16. The molecule has 1 N–H and O–H groups in total. The van der Waals surface area contributed by atoms with Gasteiger partial charge in [0.1, 0.15) is 6.04 Å². The Morgan fingerprint density at radius 3 is 2.42 bits per heavy atom. The summed E-state index contributed by atoms with van der Waals surface area (Å²) >= 11 is 19.1. The van der Waals surface area contributed by atoms with E-state index in [9.17, 15) is 9.90 Å². The molecule has 0 spiro atoms. The Morgan fingerprint density at radius 2 is 1.71 bits per heavy atom. The molecule has 0 amide bonds. The van der Waals surface area contributed by atoms with E-state index in [1.165, 1.54) is 0 Å². The average Bonchev–Trinajstić information content (AvgIpc) is 3.03. The zero-order valence-electron chi connectivity index (χ0n) is 12.8. The summed E-state index contributed by atoms with van der Waals surface area (Å²) < 4.78 is 0. The minimum Gasteiger partial charge on any atom is -0.480 e. The molecule has 1 fully saturated rings. The first-order chi connectivity index (χ1) is 11.5. The van der Waals surface area contributed by atoms with Crippen LogP contribution in [0.25, 0.3) is 0 Å². The largest absolute Gasteiger partial charge is 0.480 e. The molecule has 3 nitrogen and oxygen atoms in total. The lowest BCUT2D eigenvalue weighted by molar-refractivity contribution is -0.142. The van der Waals surface area contributed by atoms with Gasteiger partial charge in [-0.2, -0.15) is 0 Å². The summed E-state index contributed by atoms with van der Waals surface area (Å²) in [7, 11) is 0. The van der Waals surface area contributed by atoms with Gasteiger partial charge in [0.05, 0.1) is 16.1 Å². The lowest BCUT2D eigenvalue weighted by Gasteiger charge is -2.33. The molecule has 2 unspecified atom stereocenters. The number of benzene rings is 2. The summed E-state index contributed by atoms with van der Waals surface area (Å²) in [4.78, 5) is 13.6. The van der Waals surface area contributed by atoms with Crippen molar-refractivity contribution in [1.82, 2.24) is 4.90 Å². The van der Waals surface area contributed by atoms with Gasteiger partial charge < -0.3 is 5.11 Å². The van der Waals surface area contributed by atoms with Crippen LogP contribution in [0, 0.1) is 0 Å². The third-order valence-corrected chi connectivity index (χ3v) is 5.56. The summed E-state index contributed by atoms with van der Waals surface area (Å²) in [5.74, 6) is -0.831. The highest BCUT2D eigenvalue weighted by Crippen LogP contribution is 2.42. The summed E-state index contributed by atoms with van der Waals surface area (Å²) in [6, 6.07) is 11.9. The molecular formula is C18H16Cl3NO2. The molecule has 0 bridgehead atoms. The summed E-state index contributed by atoms with van der Waals surface area (Å²) in [6.07, 6.45) is 1.42. The van der Waals surface area contributed by atoms with Crippen LogP contribution >= 0.6 is 34.8 Å². The number of carboxylic acid groups (broad SMARTS) is 1. The van der Waals surface area contributed by atoms with Crippen LogP contribution in [0.5, 0.6) is 0 Å². The minimum atomic E-state index is -0.831. The normalized spacial score (nSPS) is 19.4. The molecule has 6 heteroatoms. The molecule has 1 heterocycles. The lowest BCUT2D eigenvalue weighted by atomic mass is 9.96. The first-order valence-corrected chi connectivity index (χ1v) is 8.81. The number of hydrogen-bond acceptors (Lipinski definition) is 2. The summed E-state index contributed by atoms with van der Waals surface area (Å²) in [5.41, 5.74) is 1.60. The maximum Gasteiger partial charge on any atom is 0.320 e. The molecular weight excluding hydrogens is 369 g/mol. The van der Waals surface area contributed by atoms with Crippen molar-refractivity contribution < 1.29 is 9.90 Å². The maximum atomic E-state index is 11.7. The molecule has 3 rings (SSSR count). The quantitative estimate of drug-likeness (QED) is 0.779. The third kappa shape index (κ3) is 3.27. The van der Waals surface area contributed by atoms with Crippen molar-refractivity contribution in [2.24, 2.45) is 0 Å². The molecule has 2 aromatic carbocycles. The highest BCUT2D eigenvalue weighted by Gasteiger charge is 2.38. The molecule has 0 aromatic heterocycles. The number of carbonyl (C=O) groups is 1. The molecule has 1 aliphatic heterocycles. The van der Waals surface area contributed by atoms with E-state index in [0.717, 1.165) is 17.5 Å². The molecule has 0 aliphatic carbocycles. The SMILES string of the molecule is O=C(O)C1CCCN1C(c1ccccc1Cl)c1cccc(Cl)c1Cl. The van der Waals surface area contributed by atoms with Crippen LogP contribution in [-0.2, 0) is 4.79 Å². The molecule has 0 radical (unpaired) electrons. The van der Waals surface area contributed by atoms with Gasteiger partial charge in [-0.05, 0) is 36.1 Å². The molecule has 2 atom stereocenters. The highest BCUT2D eigenvalue weighted by molar-refractivity contribution is 6.42. The van der Waals surface area contributed by atoms with Crippen molar-refractivity contribution in [2.75, 3.05) is 6.54 Å². The predicted molar refractivity (Wildman–Crippen MR) is 97.1 cm³/mol. The van der Waals surface area contributed by atoms with E-state index < -0.39 is 12.0 Å². The fourth-order valence-corrected chi connectivity index (χ4v) is 3.97. The van der Waals surface area contributed by atoms with Crippen molar-refractivity contribution >= 4 is 40.8 Å². The topological polar surface area (TPSA) is 40.5 Å². The van der Waals surface area contributed by atoms with Gasteiger partial charge in [-0.1, -0.05) is 65.1 Å². The van der Waals surface area contributed by atoms with E-state index >= 15 is 0 Å². The van der Waals surface area contributed by atoms with Gasteiger partial charge >= 0.3 is 5.97 Å². The smallest absolute Gasteiger partial charge is 0.320 e. The average molecular weight is 385 g/mol. The minimum absolute atomic E-state index is 0.353. The first-order valence-electron chi connectivity index (χ1n) is 7.67. The predicted octanol–water partition coefficient (Wildman–Crippen LogP) is 5.29. The number of carboxylic acids is 1. The van der Waals surface area contributed by atoms with E-state index in [2.05, 4.69) is 0 Å². The van der Waals surface area contributed by atoms with E-state index in [1.807, 2.05) is 35.2 Å². The molecule has 1 aliphatic rings. The van der Waals surface area contributed by atoms with Crippen molar-refractivity contribution in [3.05, 3.63) is 68.7 Å². The number of rotatable bonds is 4. The Labute approximate surface area is 155 Å². The van der Waals surface area contributed by atoms with Crippen LogP contribution < -0.4 is 0 Å². The van der Waals surface area contributed by atoms with Crippen LogP contribution in [0.1, 0.15) is 30.0 Å². The van der Waals surface area contributed by atoms with Gasteiger partial charge in [0.2, 0.25) is 0 Å². The van der Waals surface area contributed by atoms with Gasteiger partial charge in [0.25, 0.3) is 0 Å². The number of aliphatic carboxylic acids is 1. The van der Waals surface area contributed by atoms with Crippen molar-refractivity contribution in [3.8, 4) is 0 Å². The molecule has 1 saturated heterocycles. The monoisotopic (exact) mass is 383 g/mol. The second kappa shape index (κ2) is 7.32. The fraction of sp³-hybridized carbons (Fsp3) is 0.278. The second-order valence-corrected chi connectivity index (χ2v) is 6.99. The molecule has 126 valence electrons. The number of nitrogens with zero attached hydrogens (tertiary/aromatic N) is 1. The molecule has 24 heavy (non-hydrogen) atoms. The first kappa shape index (κ1) is 17.6. The van der Waals surface area contributed by atoms with Gasteiger partial charge in [-0.15, -0.1) is 0 Å². The van der Waals surface area contributed by atoms with Crippen molar-refractivity contribution in [1.29, 1.82) is 0 Å². The Bertz CT molecular complexity index is 766. The van der Waals surface area contributed by atoms with Gasteiger partial charge in [0.15, 0.2) is 0 Å². The van der Waals surface area contributed by atoms with Crippen LogP contribution in [0.3, 0.4) is 0 Å². The van der Waals surface area contributed by atoms with E-state index in [1.54, 1.807) is 12.1 Å². The van der Waals surface area contributed by atoms with Gasteiger partial charge in [-0.3, -0.25) is 9.69 Å². The van der Waals surface area contributed by atoms with E-state index in [0.29, 0.717) is 28.0 Å². The number of hydrogen-bond donors (Lipinski definition) is 1. The van der Waals surface area contributed by atoms with Crippen LogP contribution in [0.4, 0.5) is 0 Å². The standard InChI is InChI=1S/C18H16Cl3NO2/c19-13-7-2-1-5-11(13)17(12-6-3-8-14(20)16(12)21)22-10-4-9-15(22)18(23)24/h1-3,5-8,15,17H,4,9-10H2,(H,23,24). The molecule has 2 aromatic rings. The van der Waals surface area contributed by atoms with Crippen LogP contribution in [-0.4, -0.2) is 28.6 Å². The van der Waals surface area contributed by atoms with Gasteiger partial charge in [-0.25, -0.2) is 0 Å². The highest BCUT2D eigenvalue weighted by atomic mass is 35.5. The third-order valence-electron chi connectivity index (χ3n) is 4.39. The Kier molecular flexibility index (Phi) is 5.36. The van der Waals surface area contributed by atoms with Gasteiger partial charge in [0, 0.05) is 11.6 Å². The maximum absolute atomic E-state index is 11.7. The zero-order valence-corrected chi connectivity index (χ0v) is 15.0. The van der Waals surface area contributed by atoms with Crippen LogP contribution in [0.2, 0.25) is 15.1 Å². The second-order valence-electron chi connectivity index (χ2n) is 5.80.